The quantitative estimate of drug-likeness (QED) is 0.736. The Balaban J connectivity index is 2.18. The minimum absolute atomic E-state index is 0.186. The van der Waals surface area contributed by atoms with E-state index < -0.39 is 0 Å². The summed E-state index contributed by atoms with van der Waals surface area (Å²) in [5.74, 6) is 0.775. The average Bonchev–Trinajstić information content (AvgIpc) is 2.19. The van der Waals surface area contributed by atoms with Crippen LogP contribution in [0, 0.1) is 0 Å². The van der Waals surface area contributed by atoms with E-state index in [0.29, 0.717) is 17.8 Å². The molecule has 0 aromatic rings. The summed E-state index contributed by atoms with van der Waals surface area (Å²) < 4.78 is 0. The van der Waals surface area contributed by atoms with Gasteiger partial charge < -0.3 is 10.6 Å². The highest BCUT2D eigenvalue weighted by atomic mass is 32.2. The number of carbonyl (C=O) groups excluding carboxylic acids is 1. The fraction of sp³-hybridized carbons (Fsp3) is 0.900. The van der Waals surface area contributed by atoms with E-state index in [0.717, 1.165) is 12.8 Å². The van der Waals surface area contributed by atoms with Crippen LogP contribution in [-0.2, 0) is 4.79 Å². The third-order valence-corrected chi connectivity index (χ3v) is 3.33. The van der Waals surface area contributed by atoms with Gasteiger partial charge >= 0.3 is 0 Å². The first kappa shape index (κ1) is 11.9. The van der Waals surface area contributed by atoms with Gasteiger partial charge in [0.2, 0.25) is 5.91 Å². The number of carbonyl (C=O) groups is 1. The van der Waals surface area contributed by atoms with Crippen molar-refractivity contribution in [3.05, 3.63) is 0 Å². The van der Waals surface area contributed by atoms with E-state index in [4.69, 9.17) is 0 Å². The highest BCUT2D eigenvalue weighted by Gasteiger charge is 2.20. The van der Waals surface area contributed by atoms with Crippen LogP contribution in [0.15, 0.2) is 0 Å². The molecule has 0 radical (unpaired) electrons. The predicted octanol–water partition coefficient (Wildman–Crippen LogP) is 0.996. The molecule has 0 saturated heterocycles. The van der Waals surface area contributed by atoms with Crippen molar-refractivity contribution in [2.24, 2.45) is 0 Å². The highest BCUT2D eigenvalue weighted by Crippen LogP contribution is 2.18. The van der Waals surface area contributed by atoms with Crippen LogP contribution in [0.5, 0.6) is 0 Å². The van der Waals surface area contributed by atoms with Crippen LogP contribution in [0.3, 0.4) is 0 Å². The maximum absolute atomic E-state index is 11.3. The van der Waals surface area contributed by atoms with Gasteiger partial charge in [-0.25, -0.2) is 0 Å². The Hall–Kier alpha value is -0.220. The molecule has 1 fully saturated rings. The van der Waals surface area contributed by atoms with Crippen molar-refractivity contribution in [3.8, 4) is 0 Å². The van der Waals surface area contributed by atoms with E-state index in [1.54, 1.807) is 11.8 Å². The molecule has 1 aliphatic carbocycles. The fourth-order valence-corrected chi connectivity index (χ4v) is 2.27. The van der Waals surface area contributed by atoms with Crippen LogP contribution in [0.4, 0.5) is 0 Å². The third kappa shape index (κ3) is 3.88. The second kappa shape index (κ2) is 6.30. The van der Waals surface area contributed by atoms with E-state index in [-0.39, 0.29) is 5.91 Å². The standard InChI is InChI=1S/C10H20N2OS/c1-11-8-3-5-9(6-4-8)12-10(13)7-14-2/h8-9,11H,3-7H2,1-2H3,(H,12,13). The van der Waals surface area contributed by atoms with Crippen molar-refractivity contribution in [1.29, 1.82) is 0 Å². The van der Waals surface area contributed by atoms with Crippen molar-refractivity contribution in [2.45, 2.75) is 37.8 Å². The molecule has 1 aliphatic rings. The van der Waals surface area contributed by atoms with E-state index >= 15 is 0 Å². The van der Waals surface area contributed by atoms with Gasteiger partial charge in [-0.1, -0.05) is 0 Å². The van der Waals surface area contributed by atoms with Gasteiger partial charge in [0.1, 0.15) is 0 Å². The summed E-state index contributed by atoms with van der Waals surface area (Å²) >= 11 is 1.58. The normalized spacial score (nSPS) is 27.3. The van der Waals surface area contributed by atoms with Crippen LogP contribution in [-0.4, -0.2) is 37.0 Å². The lowest BCUT2D eigenvalue weighted by atomic mass is 9.91. The molecule has 0 aromatic carbocycles. The molecule has 1 amide bonds. The Bertz CT molecular complexity index is 179. The molecule has 1 saturated carbocycles. The van der Waals surface area contributed by atoms with E-state index in [2.05, 4.69) is 10.6 Å². The van der Waals surface area contributed by atoms with Gasteiger partial charge in [0.25, 0.3) is 0 Å². The van der Waals surface area contributed by atoms with Crippen LogP contribution < -0.4 is 10.6 Å². The summed E-state index contributed by atoms with van der Waals surface area (Å²) in [6.07, 6.45) is 6.55. The molecule has 0 aliphatic heterocycles. The number of amides is 1. The van der Waals surface area contributed by atoms with Crippen molar-refractivity contribution in [1.82, 2.24) is 10.6 Å². The molecule has 4 heteroatoms. The van der Waals surface area contributed by atoms with Gasteiger partial charge in [-0.2, -0.15) is 11.8 Å². The summed E-state index contributed by atoms with van der Waals surface area (Å²) in [6, 6.07) is 1.07. The Labute approximate surface area is 90.4 Å². The van der Waals surface area contributed by atoms with Crippen LogP contribution in [0.2, 0.25) is 0 Å². The zero-order chi connectivity index (χ0) is 10.4. The van der Waals surface area contributed by atoms with Crippen LogP contribution >= 0.6 is 11.8 Å². The first-order valence-corrected chi connectivity index (χ1v) is 6.61. The maximum Gasteiger partial charge on any atom is 0.230 e. The molecule has 14 heavy (non-hydrogen) atoms. The van der Waals surface area contributed by atoms with Crippen molar-refractivity contribution >= 4 is 17.7 Å². The summed E-state index contributed by atoms with van der Waals surface area (Å²) in [5, 5.41) is 6.36. The number of nitrogens with one attached hydrogen (secondary N) is 2. The minimum Gasteiger partial charge on any atom is -0.353 e. The first-order valence-electron chi connectivity index (χ1n) is 5.21. The molecular formula is C10H20N2OS. The van der Waals surface area contributed by atoms with Gasteiger partial charge in [-0.3, -0.25) is 4.79 Å². The summed E-state index contributed by atoms with van der Waals surface area (Å²) in [4.78, 5) is 11.3. The van der Waals surface area contributed by atoms with Gasteiger partial charge in [-0.15, -0.1) is 0 Å². The average molecular weight is 216 g/mol. The maximum atomic E-state index is 11.3. The van der Waals surface area contributed by atoms with E-state index in [1.807, 2.05) is 13.3 Å². The number of hydrogen-bond acceptors (Lipinski definition) is 3. The first-order chi connectivity index (χ1) is 6.76. The second-order valence-corrected chi connectivity index (χ2v) is 4.70. The van der Waals surface area contributed by atoms with Crippen molar-refractivity contribution in [3.63, 3.8) is 0 Å². The molecule has 0 unspecified atom stereocenters. The van der Waals surface area contributed by atoms with Crippen molar-refractivity contribution < 1.29 is 4.79 Å². The largest absolute Gasteiger partial charge is 0.353 e. The Morgan fingerprint density at radius 2 is 1.86 bits per heavy atom. The molecular weight excluding hydrogens is 196 g/mol. The predicted molar refractivity (Wildman–Crippen MR) is 61.6 cm³/mol. The van der Waals surface area contributed by atoms with Crippen LogP contribution in [0.25, 0.3) is 0 Å². The minimum atomic E-state index is 0.186. The van der Waals surface area contributed by atoms with Gasteiger partial charge in [0, 0.05) is 12.1 Å². The summed E-state index contributed by atoms with van der Waals surface area (Å²) in [6.45, 7) is 0. The molecule has 0 aromatic heterocycles. The Morgan fingerprint density at radius 1 is 1.29 bits per heavy atom. The zero-order valence-corrected chi connectivity index (χ0v) is 9.82. The number of thioether (sulfide) groups is 1. The molecule has 3 nitrogen and oxygen atoms in total. The van der Waals surface area contributed by atoms with Crippen molar-refractivity contribution in [2.75, 3.05) is 19.1 Å². The second-order valence-electron chi connectivity index (χ2n) is 3.84. The van der Waals surface area contributed by atoms with Gasteiger partial charge in [0.05, 0.1) is 5.75 Å². The number of hydrogen-bond donors (Lipinski definition) is 2. The number of rotatable bonds is 4. The van der Waals surface area contributed by atoms with Crippen LogP contribution in [0.1, 0.15) is 25.7 Å². The zero-order valence-electron chi connectivity index (χ0n) is 9.01. The molecule has 0 spiro atoms. The monoisotopic (exact) mass is 216 g/mol. The third-order valence-electron chi connectivity index (χ3n) is 2.78. The molecule has 1 rings (SSSR count). The topological polar surface area (TPSA) is 41.1 Å². The molecule has 0 atom stereocenters. The smallest absolute Gasteiger partial charge is 0.230 e. The highest BCUT2D eigenvalue weighted by molar-refractivity contribution is 7.99. The lowest BCUT2D eigenvalue weighted by molar-refractivity contribution is -0.119. The molecule has 0 bridgehead atoms. The summed E-state index contributed by atoms with van der Waals surface area (Å²) in [7, 11) is 2.01. The Kier molecular flexibility index (Phi) is 5.33. The fourth-order valence-electron chi connectivity index (χ4n) is 1.93. The lowest BCUT2D eigenvalue weighted by Gasteiger charge is -2.28. The molecule has 2 N–H and O–H groups in total. The van der Waals surface area contributed by atoms with Gasteiger partial charge in [-0.05, 0) is 39.0 Å². The molecule has 82 valence electrons. The van der Waals surface area contributed by atoms with E-state index in [1.165, 1.54) is 12.8 Å². The van der Waals surface area contributed by atoms with E-state index in [9.17, 15) is 4.79 Å². The van der Waals surface area contributed by atoms with Gasteiger partial charge in [0.15, 0.2) is 0 Å². The molecule has 0 heterocycles. The SMILES string of the molecule is CNC1CCC(NC(=O)CSC)CC1. The lowest BCUT2D eigenvalue weighted by Crippen LogP contribution is -2.41. The Morgan fingerprint density at radius 3 is 2.36 bits per heavy atom. The summed E-state index contributed by atoms with van der Waals surface area (Å²) in [5.41, 5.74) is 0.